The lowest BCUT2D eigenvalue weighted by Gasteiger charge is -1.99. The zero-order valence-corrected chi connectivity index (χ0v) is 9.67. The second kappa shape index (κ2) is 4.16. The molecule has 1 atom stereocenters. The van der Waals surface area contributed by atoms with Crippen LogP contribution in [0.25, 0.3) is 10.8 Å². The van der Waals surface area contributed by atoms with Gasteiger partial charge in [0.25, 0.3) is 0 Å². The number of hydrogen-bond donors (Lipinski definition) is 1. The summed E-state index contributed by atoms with van der Waals surface area (Å²) >= 11 is 1.60. The number of nitrogens with two attached hydrogens (primary N) is 1. The first-order valence-corrected chi connectivity index (χ1v) is 5.80. The molecule has 80 valence electrons. The molecule has 3 nitrogen and oxygen atoms in total. The van der Waals surface area contributed by atoms with Crippen LogP contribution in [0.15, 0.2) is 21.9 Å². The van der Waals surface area contributed by atoms with E-state index in [9.17, 15) is 0 Å². The molecule has 0 fully saturated rings. The Labute approximate surface area is 92.9 Å². The molecule has 1 unspecified atom stereocenters. The average Bonchev–Trinajstić information content (AvgIpc) is 2.72. The smallest absolute Gasteiger partial charge is 0.162 e. The first-order chi connectivity index (χ1) is 7.15. The van der Waals surface area contributed by atoms with Crippen molar-refractivity contribution in [3.63, 3.8) is 0 Å². The molecule has 15 heavy (non-hydrogen) atoms. The van der Waals surface area contributed by atoms with E-state index in [2.05, 4.69) is 4.98 Å². The van der Waals surface area contributed by atoms with Crippen LogP contribution < -0.4 is 5.73 Å². The second-order valence-electron chi connectivity index (χ2n) is 3.74. The number of rotatable bonds is 3. The van der Waals surface area contributed by atoms with Gasteiger partial charge in [-0.3, -0.25) is 0 Å². The number of aryl methyl sites for hydroxylation is 1. The molecule has 2 heterocycles. The summed E-state index contributed by atoms with van der Waals surface area (Å²) < 4.78 is 5.50. The molecular formula is C11H14N2OS. The molecule has 0 saturated carbocycles. The largest absolute Gasteiger partial charge is 0.459 e. The van der Waals surface area contributed by atoms with Gasteiger partial charge in [0.15, 0.2) is 10.8 Å². The van der Waals surface area contributed by atoms with Crippen LogP contribution in [0.3, 0.4) is 0 Å². The van der Waals surface area contributed by atoms with Crippen molar-refractivity contribution in [3.8, 4) is 10.8 Å². The average molecular weight is 222 g/mol. The highest BCUT2D eigenvalue weighted by atomic mass is 32.1. The zero-order valence-electron chi connectivity index (χ0n) is 8.86. The fourth-order valence-electron chi connectivity index (χ4n) is 1.39. The Balaban J connectivity index is 2.20. The number of hydrogen-bond acceptors (Lipinski definition) is 4. The van der Waals surface area contributed by atoms with Gasteiger partial charge in [0.1, 0.15) is 5.76 Å². The van der Waals surface area contributed by atoms with Crippen molar-refractivity contribution in [1.29, 1.82) is 0 Å². The topological polar surface area (TPSA) is 52.0 Å². The van der Waals surface area contributed by atoms with E-state index in [-0.39, 0.29) is 6.04 Å². The van der Waals surface area contributed by atoms with Gasteiger partial charge < -0.3 is 10.2 Å². The zero-order chi connectivity index (χ0) is 10.8. The lowest BCUT2D eigenvalue weighted by molar-refractivity contribution is 0.547. The fraction of sp³-hybridized carbons (Fsp3) is 0.364. The van der Waals surface area contributed by atoms with Crippen LogP contribution in [0.1, 0.15) is 18.4 Å². The van der Waals surface area contributed by atoms with Gasteiger partial charge in [-0.2, -0.15) is 0 Å². The molecule has 2 aromatic heterocycles. The van der Waals surface area contributed by atoms with Crippen LogP contribution in [0, 0.1) is 6.92 Å². The number of furan rings is 1. The van der Waals surface area contributed by atoms with Crippen LogP contribution in [0.5, 0.6) is 0 Å². The minimum Gasteiger partial charge on any atom is -0.459 e. The van der Waals surface area contributed by atoms with Gasteiger partial charge in [0.2, 0.25) is 0 Å². The van der Waals surface area contributed by atoms with Crippen LogP contribution in [-0.4, -0.2) is 11.0 Å². The molecule has 0 radical (unpaired) electrons. The van der Waals surface area contributed by atoms with E-state index >= 15 is 0 Å². The van der Waals surface area contributed by atoms with E-state index in [0.717, 1.165) is 28.6 Å². The first-order valence-electron chi connectivity index (χ1n) is 4.92. The highest BCUT2D eigenvalue weighted by Gasteiger charge is 2.08. The summed E-state index contributed by atoms with van der Waals surface area (Å²) in [5, 5.41) is 2.97. The molecule has 0 spiro atoms. The van der Waals surface area contributed by atoms with E-state index in [1.54, 1.807) is 11.3 Å². The fourth-order valence-corrected chi connectivity index (χ4v) is 2.19. The minimum absolute atomic E-state index is 0.151. The maximum atomic E-state index is 5.72. The lowest BCUT2D eigenvalue weighted by Crippen LogP contribution is -2.17. The Kier molecular flexibility index (Phi) is 2.88. The Bertz CT molecular complexity index is 445. The van der Waals surface area contributed by atoms with E-state index in [0.29, 0.717) is 0 Å². The van der Waals surface area contributed by atoms with E-state index in [4.69, 9.17) is 10.2 Å². The van der Waals surface area contributed by atoms with E-state index in [1.165, 1.54) is 0 Å². The molecule has 4 heteroatoms. The third-order valence-electron chi connectivity index (χ3n) is 2.03. The molecule has 0 aromatic carbocycles. The first kappa shape index (κ1) is 10.4. The minimum atomic E-state index is 0.151. The van der Waals surface area contributed by atoms with Crippen LogP contribution in [-0.2, 0) is 6.42 Å². The lowest BCUT2D eigenvalue weighted by atomic mass is 10.2. The monoisotopic (exact) mass is 222 g/mol. The molecule has 0 aliphatic carbocycles. The van der Waals surface area contributed by atoms with E-state index in [1.807, 2.05) is 31.4 Å². The summed E-state index contributed by atoms with van der Waals surface area (Å²) in [6, 6.07) is 4.05. The molecule has 2 rings (SSSR count). The van der Waals surface area contributed by atoms with Gasteiger partial charge in [0.05, 0.1) is 5.69 Å². The molecule has 0 amide bonds. The maximum Gasteiger partial charge on any atom is 0.162 e. The third-order valence-corrected chi connectivity index (χ3v) is 2.94. The summed E-state index contributed by atoms with van der Waals surface area (Å²) in [5.74, 6) is 1.75. The Morgan fingerprint density at radius 2 is 2.33 bits per heavy atom. The van der Waals surface area contributed by atoms with Crippen molar-refractivity contribution in [2.45, 2.75) is 26.3 Å². The van der Waals surface area contributed by atoms with Gasteiger partial charge >= 0.3 is 0 Å². The predicted molar refractivity (Wildman–Crippen MR) is 61.9 cm³/mol. The summed E-state index contributed by atoms with van der Waals surface area (Å²) in [4.78, 5) is 4.48. The van der Waals surface area contributed by atoms with Gasteiger partial charge in [0, 0.05) is 17.8 Å². The van der Waals surface area contributed by atoms with Crippen molar-refractivity contribution < 1.29 is 4.42 Å². The maximum absolute atomic E-state index is 5.72. The van der Waals surface area contributed by atoms with Crippen molar-refractivity contribution in [2.24, 2.45) is 5.73 Å². The molecule has 0 aliphatic rings. The Hall–Kier alpha value is -1.13. The van der Waals surface area contributed by atoms with Crippen LogP contribution in [0.4, 0.5) is 0 Å². The summed E-state index contributed by atoms with van der Waals surface area (Å²) in [5.41, 5.74) is 6.76. The number of thiazole rings is 1. The number of nitrogens with zero attached hydrogens (tertiary/aromatic N) is 1. The quantitative estimate of drug-likeness (QED) is 0.868. The predicted octanol–water partition coefficient (Wildman–Crippen LogP) is 2.60. The van der Waals surface area contributed by atoms with Crippen LogP contribution in [0.2, 0.25) is 0 Å². The van der Waals surface area contributed by atoms with Crippen LogP contribution >= 0.6 is 11.3 Å². The van der Waals surface area contributed by atoms with Crippen molar-refractivity contribution >= 4 is 11.3 Å². The van der Waals surface area contributed by atoms with Gasteiger partial charge in [-0.15, -0.1) is 11.3 Å². The molecule has 0 bridgehead atoms. The molecular weight excluding hydrogens is 208 g/mol. The van der Waals surface area contributed by atoms with Gasteiger partial charge in [-0.1, -0.05) is 0 Å². The Morgan fingerprint density at radius 3 is 2.93 bits per heavy atom. The van der Waals surface area contributed by atoms with Crippen molar-refractivity contribution in [1.82, 2.24) is 4.98 Å². The molecule has 2 aromatic rings. The van der Waals surface area contributed by atoms with Crippen molar-refractivity contribution in [2.75, 3.05) is 0 Å². The van der Waals surface area contributed by atoms with Crippen molar-refractivity contribution in [3.05, 3.63) is 29.0 Å². The highest BCUT2D eigenvalue weighted by Crippen LogP contribution is 2.25. The molecule has 2 N–H and O–H groups in total. The van der Waals surface area contributed by atoms with Gasteiger partial charge in [-0.25, -0.2) is 4.98 Å². The number of aromatic nitrogens is 1. The summed E-state index contributed by atoms with van der Waals surface area (Å²) in [7, 11) is 0. The van der Waals surface area contributed by atoms with E-state index < -0.39 is 0 Å². The summed E-state index contributed by atoms with van der Waals surface area (Å²) in [6.45, 7) is 3.91. The van der Waals surface area contributed by atoms with Gasteiger partial charge in [-0.05, 0) is 26.0 Å². The molecule has 0 aliphatic heterocycles. The summed E-state index contributed by atoms with van der Waals surface area (Å²) in [6.07, 6.45) is 0.816. The normalized spacial score (nSPS) is 13.0. The molecule has 0 saturated heterocycles. The second-order valence-corrected chi connectivity index (χ2v) is 4.59. The highest BCUT2D eigenvalue weighted by molar-refractivity contribution is 7.13. The SMILES string of the molecule is Cc1ccc(-c2nc(CC(C)N)cs2)o1. The third kappa shape index (κ3) is 2.46. The standard InChI is InChI=1S/C11H14N2OS/c1-7(12)5-9-6-15-11(13-9)10-4-3-8(2)14-10/h3-4,6-7H,5,12H2,1-2H3. The Morgan fingerprint density at radius 1 is 1.53 bits per heavy atom.